The Morgan fingerprint density at radius 2 is 0.504 bits per heavy atom. The van der Waals surface area contributed by atoms with Gasteiger partial charge in [-0.2, -0.15) is 4.42 Å². The third-order valence-corrected chi connectivity index (χ3v) is 19.7. The minimum absolute atomic E-state index is 0. The Hall–Kier alpha value is -8.03. The molecular formula is C98H66Cl17N7O3Sb2. The molecular weight excluding hydrogens is 2170 g/mol. The van der Waals surface area contributed by atoms with Crippen LogP contribution in [0, 0.1) is 6.57 Å². The monoisotopic (exact) mass is 2220 g/mol. The first-order chi connectivity index (χ1) is 59.2. The quantitative estimate of drug-likeness (QED) is 0.0547. The van der Waals surface area contributed by atoms with Crippen molar-refractivity contribution in [2.45, 2.75) is 0 Å². The fraction of sp³-hybridized carbons (Fsp3) is 0. The van der Waals surface area contributed by atoms with Gasteiger partial charge >= 0.3 is 123 Å². The second-order valence-electron chi connectivity index (χ2n) is 27.4. The van der Waals surface area contributed by atoms with Crippen LogP contribution in [0.4, 0.5) is 5.69 Å². The molecule has 18 rings (SSSR count). The predicted molar refractivity (Wildman–Crippen MR) is 544 cm³/mol. The molecule has 0 atom stereocenters. The molecule has 16 aromatic carbocycles. The Bertz CT molecular complexity index is 6380. The number of rotatable bonds is 12. The number of aromatic nitrogens is 5. The normalized spacial score (nSPS) is 11.3. The van der Waals surface area contributed by atoms with Crippen LogP contribution in [0.25, 0.3) is 161 Å². The molecule has 0 saturated carbocycles. The van der Waals surface area contributed by atoms with Gasteiger partial charge in [0, 0.05) is 52.9 Å². The van der Waals surface area contributed by atoms with Crippen LogP contribution in [0.5, 0.6) is 0 Å². The summed E-state index contributed by atoms with van der Waals surface area (Å²) in [4.78, 5) is 39.0. The summed E-state index contributed by atoms with van der Waals surface area (Å²) in [6, 6.07) is 121. The van der Waals surface area contributed by atoms with Crippen molar-refractivity contribution in [3.05, 3.63) is 412 Å². The van der Waals surface area contributed by atoms with Crippen LogP contribution < -0.4 is 18.6 Å². The van der Waals surface area contributed by atoms with Gasteiger partial charge in [0.2, 0.25) is 0 Å². The Morgan fingerprint density at radius 3 is 0.843 bits per heavy atom. The van der Waals surface area contributed by atoms with Crippen molar-refractivity contribution in [3.8, 4) is 124 Å². The number of benzene rings is 16. The van der Waals surface area contributed by atoms with Crippen molar-refractivity contribution in [1.82, 2.24) is 31.1 Å². The molecule has 29 heteroatoms. The van der Waals surface area contributed by atoms with E-state index in [9.17, 15) is 4.79 Å². The topological polar surface area (TPSA) is 164 Å². The summed E-state index contributed by atoms with van der Waals surface area (Å²) in [5.41, 5.74) is 16.2. The summed E-state index contributed by atoms with van der Waals surface area (Å²) in [6.07, 6.45) is 0. The van der Waals surface area contributed by atoms with Crippen molar-refractivity contribution in [3.63, 3.8) is 0 Å². The van der Waals surface area contributed by atoms with Crippen LogP contribution in [0.3, 0.4) is 0 Å². The molecule has 2 heterocycles. The molecule has 0 spiro atoms. The molecule has 0 bridgehead atoms. The van der Waals surface area contributed by atoms with Gasteiger partial charge in [-0.1, -0.05) is 307 Å². The van der Waals surface area contributed by atoms with E-state index in [0.29, 0.717) is 71.4 Å². The van der Waals surface area contributed by atoms with Gasteiger partial charge in [0.1, 0.15) is 11.1 Å². The molecule has 0 aliphatic heterocycles. The van der Waals surface area contributed by atoms with E-state index >= 15 is 0 Å². The number of hydrogen-bond donors (Lipinski definition) is 1. The van der Waals surface area contributed by atoms with Gasteiger partial charge in [0.15, 0.2) is 29.0 Å². The zero-order valence-electron chi connectivity index (χ0n) is 65.7. The van der Waals surface area contributed by atoms with E-state index in [4.69, 9.17) is 194 Å². The van der Waals surface area contributed by atoms with Gasteiger partial charge in [-0.3, -0.25) is 4.79 Å². The van der Waals surface area contributed by atoms with Crippen LogP contribution in [-0.2, 0) is 0 Å². The molecule has 127 heavy (non-hydrogen) atoms. The molecule has 5 N–H and O–H groups in total. The van der Waals surface area contributed by atoms with E-state index in [0.717, 1.165) is 121 Å². The Balaban J connectivity index is 0.000000183. The molecule has 0 fully saturated rings. The fourth-order valence-corrected chi connectivity index (χ4v) is 14.2. The van der Waals surface area contributed by atoms with Gasteiger partial charge in [0.05, 0.1) is 6.57 Å². The van der Waals surface area contributed by atoms with Gasteiger partial charge in [-0.25, -0.2) is 19.8 Å². The fourth-order valence-electron chi connectivity index (χ4n) is 13.0. The van der Waals surface area contributed by atoms with Crippen molar-refractivity contribution in [2.24, 2.45) is 0 Å². The average Bonchev–Trinajstić information content (AvgIpc) is 0.781. The Morgan fingerprint density at radius 1 is 0.260 bits per heavy atom. The van der Waals surface area contributed by atoms with E-state index in [1.807, 2.05) is 237 Å². The van der Waals surface area contributed by atoms with Crippen LogP contribution in [-0.4, -0.2) is 59.0 Å². The van der Waals surface area contributed by atoms with Crippen LogP contribution in [0.15, 0.2) is 374 Å². The molecule has 0 unspecified atom stereocenters. The summed E-state index contributed by atoms with van der Waals surface area (Å²) in [6.45, 7) is 6.97. The van der Waals surface area contributed by atoms with Crippen molar-refractivity contribution < 1.29 is 27.1 Å². The molecule has 0 radical (unpaired) electrons. The van der Waals surface area contributed by atoms with Crippen LogP contribution in [0.2, 0.25) is 25.1 Å². The SMILES string of the molecule is Clc1cc(-c2ccccc2)cc(-c2nc(-c3cc(Cl)cc(-c4ccccc4)c3)[o+]c(-c3ccc4ccccc4c3)n2)c1.Clc1cc(-c2ccccc2)cc(-c2nc(-c3cc(Cl)cc(-c4ccccc4)c3)nc(-c3ccc4ccccc4c3)n2)c1.N.O.O=C(Cl)c1ccc2ccccc2c1.[C-]#[N+]c1cc(Cl)cc(-c2ccccc2)c1.[Cl-].[Cl][Sb]([Cl])([Cl])([Cl])[Cl].[Cl][Sb]([Cl])([Cl])([Cl])[Cl]. The average molecular weight is 2240 g/mol. The first-order valence-electron chi connectivity index (χ1n) is 37.3. The van der Waals surface area contributed by atoms with Crippen molar-refractivity contribution in [2.75, 3.05) is 0 Å². The summed E-state index contributed by atoms with van der Waals surface area (Å²) in [5.74, 6) is 2.99. The number of nitrogens with zero attached hydrogens (tertiary/aromatic N) is 6. The number of halogens is 17. The minimum atomic E-state index is -4.33. The second kappa shape index (κ2) is 45.7. The van der Waals surface area contributed by atoms with Crippen LogP contribution >= 0.6 is 158 Å². The number of fused-ring (bicyclic) bond motifs is 3. The Kier molecular flexibility index (Phi) is 36.4. The summed E-state index contributed by atoms with van der Waals surface area (Å²) in [5, 5.41) is 9.23. The van der Waals surface area contributed by atoms with Gasteiger partial charge < -0.3 is 24.0 Å². The molecule has 0 aliphatic carbocycles. The molecule has 10 nitrogen and oxygen atoms in total. The number of carbonyl (C=O) groups excluding carboxylic acids is 1. The van der Waals surface area contributed by atoms with Gasteiger partial charge in [0.25, 0.3) is 5.24 Å². The third-order valence-electron chi connectivity index (χ3n) is 18.4. The molecule has 2 aromatic heterocycles. The third kappa shape index (κ3) is 31.1. The van der Waals surface area contributed by atoms with E-state index in [1.54, 1.807) is 18.2 Å². The van der Waals surface area contributed by atoms with Crippen molar-refractivity contribution >= 4 is 225 Å². The number of carbonyl (C=O) groups is 1. The molecule has 0 saturated heterocycles. The first-order valence-corrected chi connectivity index (χ1v) is 71.9. The van der Waals surface area contributed by atoms with E-state index < -0.39 is 28.6 Å². The van der Waals surface area contributed by atoms with Gasteiger partial charge in [-0.05, 0) is 221 Å². The molecule has 0 amide bonds. The Labute approximate surface area is 809 Å². The van der Waals surface area contributed by atoms with Crippen LogP contribution in [0.1, 0.15) is 10.4 Å². The molecule has 640 valence electrons. The zero-order valence-corrected chi connectivity index (χ0v) is 83.7. The maximum absolute atomic E-state index is 10.9. The van der Waals surface area contributed by atoms with E-state index in [-0.39, 0.29) is 24.0 Å². The van der Waals surface area contributed by atoms with E-state index in [2.05, 4.69) is 120 Å². The molecule has 18 aromatic rings. The van der Waals surface area contributed by atoms with Crippen molar-refractivity contribution in [1.29, 1.82) is 0 Å². The first kappa shape index (κ1) is 101. The number of hydrogen-bond acceptors (Lipinski definition) is 7. The second-order valence-corrected chi connectivity index (χ2v) is 106. The molecule has 0 aliphatic rings. The maximum atomic E-state index is 10.9. The summed E-state index contributed by atoms with van der Waals surface area (Å²) >= 11 is 29.2. The zero-order chi connectivity index (χ0) is 87.8. The standard InChI is InChI=1S/C37H23Cl2N3.C37H23Cl2N2O.C13H8ClN.C11H7ClO.11ClH.H3N.H2O.2Sb/c38-33-20-29(24-9-3-1-4-10-24)18-31(22-33)36-40-35(28-16-15-26-13-7-8-14-27(26)17-28)41-37(42-36)32-19-30(21-34(39)23-32)25-11-5-2-6-12-25;38-33-20-29(24-9-3-1-4-10-24)18-31(22-33)35-40-36(28-16-15-26-13-7-8-14-27(26)17-28)42-37(41-35)32-19-30(21-34(39)23-32)25-11-5-2-6-12-25;1-15-13-8-11(7-12(14)9-13)10-5-3-2-4-6-10;12-11(13)10-6-5-8-3-1-2-4-9(8)7-10;;;;;;;;;;;;;;;/h2*1-23H;2-9H;1-7H;11*1H;1H3;1H2;;/q;+1;;;;;;;;;;;;;;;;2*+5/p-11. The van der Waals surface area contributed by atoms with E-state index in [1.165, 1.54) is 0 Å². The predicted octanol–water partition coefficient (Wildman–Crippen LogP) is 32.1. The summed E-state index contributed by atoms with van der Waals surface area (Å²) < 4.78 is 6.44. The van der Waals surface area contributed by atoms with Gasteiger partial charge in [-0.15, -0.1) is 9.97 Å². The summed E-state index contributed by atoms with van der Waals surface area (Å²) in [7, 11) is 50.5.